The van der Waals surface area contributed by atoms with Gasteiger partial charge in [0, 0.05) is 0 Å². The molecule has 158 valence electrons. The Kier molecular flexibility index (Phi) is 13.7. The zero-order chi connectivity index (χ0) is 18.5. The van der Waals surface area contributed by atoms with Gasteiger partial charge in [0.05, 0.1) is 8.07 Å². The van der Waals surface area contributed by atoms with E-state index in [0.29, 0.717) is 0 Å². The van der Waals surface area contributed by atoms with E-state index in [1.54, 1.807) is 5.20 Å². The van der Waals surface area contributed by atoms with E-state index in [4.69, 9.17) is 0 Å². The molecule has 31 heavy (non-hydrogen) atoms. The van der Waals surface area contributed by atoms with Crippen LogP contribution in [0.5, 0.6) is 0 Å². The molecule has 3 aromatic carbocycles. The van der Waals surface area contributed by atoms with Gasteiger partial charge in [-0.2, -0.15) is 6.08 Å². The third-order valence-corrected chi connectivity index (χ3v) is 10.5. The van der Waals surface area contributed by atoms with Gasteiger partial charge in [-0.1, -0.05) is 133 Å². The fraction of sp³-hybridized carbons (Fsp3) is 0.154. The fourth-order valence-electron chi connectivity index (χ4n) is 4.43. The second kappa shape index (κ2) is 14.2. The summed E-state index contributed by atoms with van der Waals surface area (Å²) >= 11 is 0. The van der Waals surface area contributed by atoms with E-state index in [2.05, 4.69) is 110 Å². The Labute approximate surface area is 221 Å². The Morgan fingerprint density at radius 3 is 1.42 bits per heavy atom. The van der Waals surface area contributed by atoms with Crippen molar-refractivity contribution in [3.8, 4) is 0 Å². The van der Waals surface area contributed by atoms with Gasteiger partial charge in [-0.15, -0.1) is 0 Å². The van der Waals surface area contributed by atoms with E-state index in [9.17, 15) is 0 Å². The summed E-state index contributed by atoms with van der Waals surface area (Å²) in [5, 5.41) is 5.99. The Balaban J connectivity index is 0.00000225. The monoisotopic (exact) mass is 518 g/mol. The number of benzene rings is 3. The van der Waals surface area contributed by atoms with Crippen LogP contribution in [0.15, 0.2) is 108 Å². The number of hydrogen-bond donors (Lipinski definition) is 0. The third-order valence-electron chi connectivity index (χ3n) is 5.52. The van der Waals surface area contributed by atoms with E-state index >= 15 is 0 Å². The van der Waals surface area contributed by atoms with Gasteiger partial charge >= 0.3 is 21.7 Å². The summed E-state index contributed by atoms with van der Waals surface area (Å²) < 4.78 is 0. The summed E-state index contributed by atoms with van der Waals surface area (Å²) in [7, 11) is -2.31. The van der Waals surface area contributed by atoms with Crippen LogP contribution in [-0.2, 0) is 21.7 Å². The van der Waals surface area contributed by atoms with Gasteiger partial charge < -0.3 is 37.2 Å². The SMILES string of the molecule is CCCC1=C([Si](c2ccccc2)(c2ccccc2)c2ccccc2)CC=[C-]1.[Cl-].[Cl-].[Cl-].[Ti+4]. The van der Waals surface area contributed by atoms with Gasteiger partial charge in [0.25, 0.3) is 0 Å². The zero-order valence-electron chi connectivity index (χ0n) is 17.5. The van der Waals surface area contributed by atoms with Crippen molar-refractivity contribution >= 4 is 23.6 Å². The Bertz CT molecular complexity index is 861. The van der Waals surface area contributed by atoms with Crippen LogP contribution in [0.4, 0.5) is 0 Å². The average molecular weight is 520 g/mol. The van der Waals surface area contributed by atoms with Crippen molar-refractivity contribution in [1.82, 2.24) is 0 Å². The minimum atomic E-state index is -2.31. The summed E-state index contributed by atoms with van der Waals surface area (Å²) in [6, 6.07) is 33.5. The van der Waals surface area contributed by atoms with Crippen LogP contribution >= 0.6 is 0 Å². The molecule has 0 aliphatic heterocycles. The number of rotatable bonds is 6. The molecule has 1 aliphatic carbocycles. The first kappa shape index (κ1) is 29.9. The summed E-state index contributed by atoms with van der Waals surface area (Å²) in [6.45, 7) is 2.27. The van der Waals surface area contributed by atoms with Crippen molar-refractivity contribution in [2.24, 2.45) is 0 Å². The molecule has 0 nitrogen and oxygen atoms in total. The first-order valence-corrected chi connectivity index (χ1v) is 11.8. The molecule has 0 amide bonds. The van der Waals surface area contributed by atoms with Gasteiger partial charge in [0.1, 0.15) is 0 Å². The summed E-state index contributed by atoms with van der Waals surface area (Å²) in [6.07, 6.45) is 9.13. The predicted octanol–water partition coefficient (Wildman–Crippen LogP) is -4.43. The molecular formula is C26H25Cl3SiTi. The van der Waals surface area contributed by atoms with Crippen LogP contribution in [-0.4, -0.2) is 8.07 Å². The van der Waals surface area contributed by atoms with E-state index in [1.807, 2.05) is 0 Å². The fourth-order valence-corrected chi connectivity index (χ4v) is 9.61. The Morgan fingerprint density at radius 2 is 1.06 bits per heavy atom. The summed E-state index contributed by atoms with van der Waals surface area (Å²) in [5.74, 6) is 0. The van der Waals surface area contributed by atoms with E-state index in [1.165, 1.54) is 21.1 Å². The van der Waals surface area contributed by atoms with E-state index in [0.717, 1.165) is 19.3 Å². The molecule has 0 fully saturated rings. The van der Waals surface area contributed by atoms with Crippen LogP contribution in [0.1, 0.15) is 26.2 Å². The maximum atomic E-state index is 3.61. The van der Waals surface area contributed by atoms with Crippen molar-refractivity contribution in [3.05, 3.63) is 114 Å². The van der Waals surface area contributed by atoms with Crippen molar-refractivity contribution in [2.45, 2.75) is 26.2 Å². The van der Waals surface area contributed by atoms with Gasteiger partial charge in [-0.05, 0) is 0 Å². The van der Waals surface area contributed by atoms with Crippen molar-refractivity contribution in [3.63, 3.8) is 0 Å². The number of halogens is 3. The van der Waals surface area contributed by atoms with E-state index in [-0.39, 0.29) is 58.9 Å². The molecule has 0 bridgehead atoms. The topological polar surface area (TPSA) is 0 Å². The second-order valence-electron chi connectivity index (χ2n) is 7.11. The van der Waals surface area contributed by atoms with Gasteiger partial charge in [-0.25, -0.2) is 10.8 Å². The normalized spacial score (nSPS) is 12.2. The molecule has 3 aromatic rings. The minimum Gasteiger partial charge on any atom is -1.00 e. The molecule has 4 rings (SSSR count). The molecule has 0 aromatic heterocycles. The van der Waals surface area contributed by atoms with Crippen molar-refractivity contribution in [1.29, 1.82) is 0 Å². The predicted molar refractivity (Wildman–Crippen MR) is 118 cm³/mol. The first-order valence-electron chi connectivity index (χ1n) is 9.84. The van der Waals surface area contributed by atoms with Crippen LogP contribution < -0.4 is 52.8 Å². The van der Waals surface area contributed by atoms with Gasteiger partial charge in [0.15, 0.2) is 0 Å². The quantitative estimate of drug-likeness (QED) is 0.175. The maximum Gasteiger partial charge on any atom is 4.00 e. The molecule has 0 saturated heterocycles. The molecule has 5 heteroatoms. The zero-order valence-corrected chi connectivity index (χ0v) is 22.3. The maximum absolute atomic E-state index is 3.61. The number of allylic oxidation sites excluding steroid dienone is 4. The standard InChI is InChI=1S/C26H25Si.3ClH.Ti/c1-2-13-22-14-12-21-26(22)27(23-15-6-3-7-16-23,24-17-8-4-9-18-24)25-19-10-5-11-20-25;;;;/h3-12,15-20H,2,13,21H2,1H3;3*1H;/q-1;;;;+4/p-3. The van der Waals surface area contributed by atoms with Crippen LogP contribution in [0.25, 0.3) is 0 Å². The molecule has 1 aliphatic rings. The smallest absolute Gasteiger partial charge is 1.00 e. The van der Waals surface area contributed by atoms with E-state index < -0.39 is 8.07 Å². The molecule has 0 N–H and O–H groups in total. The molecule has 0 saturated carbocycles. The molecule has 0 radical (unpaired) electrons. The largest absolute Gasteiger partial charge is 4.00 e. The summed E-state index contributed by atoms with van der Waals surface area (Å²) in [4.78, 5) is 0. The molecule has 0 heterocycles. The second-order valence-corrected chi connectivity index (χ2v) is 10.9. The number of hydrogen-bond acceptors (Lipinski definition) is 0. The van der Waals surface area contributed by atoms with Crippen LogP contribution in [0.3, 0.4) is 0 Å². The summed E-state index contributed by atoms with van der Waals surface area (Å²) in [5.41, 5.74) is 1.43. The Hall–Kier alpha value is -1.06. The average Bonchev–Trinajstić information content (AvgIpc) is 3.20. The van der Waals surface area contributed by atoms with Crippen LogP contribution in [0.2, 0.25) is 0 Å². The third kappa shape index (κ3) is 5.85. The Morgan fingerprint density at radius 1 is 0.677 bits per heavy atom. The van der Waals surface area contributed by atoms with Gasteiger partial charge in [-0.3, -0.25) is 6.08 Å². The van der Waals surface area contributed by atoms with Crippen molar-refractivity contribution < 1.29 is 58.9 Å². The molecule has 0 spiro atoms. The minimum absolute atomic E-state index is 0. The molecule has 0 unspecified atom stereocenters. The first-order chi connectivity index (χ1) is 13.4. The molecular weight excluding hydrogens is 495 g/mol. The van der Waals surface area contributed by atoms with Crippen LogP contribution in [0, 0.1) is 6.08 Å². The van der Waals surface area contributed by atoms with Crippen molar-refractivity contribution in [2.75, 3.05) is 0 Å². The van der Waals surface area contributed by atoms with Gasteiger partial charge in [0.2, 0.25) is 0 Å². The molecule has 0 atom stereocenters.